The van der Waals surface area contributed by atoms with Crippen LogP contribution in [0.25, 0.3) is 0 Å². The maximum absolute atomic E-state index is 5.57. The zero-order chi connectivity index (χ0) is 14.9. The van der Waals surface area contributed by atoms with Crippen molar-refractivity contribution in [3.05, 3.63) is 0 Å². The highest BCUT2D eigenvalue weighted by atomic mass is 33.2. The molecule has 0 bridgehead atoms. The van der Waals surface area contributed by atoms with Gasteiger partial charge in [0.1, 0.15) is 0 Å². The largest absolute Gasteiger partial charge is 0.0897 e. The average molecular weight is 354 g/mol. The first kappa shape index (κ1) is 21.2. The fourth-order valence-electron chi connectivity index (χ4n) is 2.08. The van der Waals surface area contributed by atoms with Gasteiger partial charge in [-0.05, 0) is 24.6 Å². The predicted octanol–water partition coefficient (Wildman–Crippen LogP) is 7.95. The molecule has 0 rings (SSSR count). The van der Waals surface area contributed by atoms with Gasteiger partial charge in [-0.1, -0.05) is 101 Å². The molecule has 0 unspecified atom stereocenters. The lowest BCUT2D eigenvalue weighted by molar-refractivity contribution is 0.627. The Morgan fingerprint density at radius 2 is 0.950 bits per heavy atom. The third-order valence-electron chi connectivity index (χ3n) is 3.39. The zero-order valence-corrected chi connectivity index (χ0v) is 16.9. The van der Waals surface area contributed by atoms with Crippen LogP contribution < -0.4 is 0 Å². The molecule has 0 fully saturated rings. The van der Waals surface area contributed by atoms with E-state index in [9.17, 15) is 0 Å². The molecule has 0 aliphatic rings. The molecule has 0 atom stereocenters. The SMILES string of the molecule is CCCCCCCCS[P](=S)SCCCCCCCC. The molecule has 0 aromatic carbocycles. The van der Waals surface area contributed by atoms with Crippen LogP contribution in [0.1, 0.15) is 90.9 Å². The van der Waals surface area contributed by atoms with Crippen LogP contribution in [-0.2, 0) is 11.8 Å². The summed E-state index contributed by atoms with van der Waals surface area (Å²) in [5.74, 6) is 2.59. The van der Waals surface area contributed by atoms with E-state index in [1.165, 1.54) is 88.6 Å². The highest BCUT2D eigenvalue weighted by molar-refractivity contribution is 8.94. The van der Waals surface area contributed by atoms with Crippen LogP contribution in [0.4, 0.5) is 0 Å². The summed E-state index contributed by atoms with van der Waals surface area (Å²) in [6.07, 6.45) is 16.8. The molecular formula is C16H34PS3. The molecule has 0 amide bonds. The van der Waals surface area contributed by atoms with E-state index >= 15 is 0 Å². The van der Waals surface area contributed by atoms with Crippen molar-refractivity contribution in [2.24, 2.45) is 0 Å². The van der Waals surface area contributed by atoms with Crippen LogP contribution in [0.2, 0.25) is 0 Å². The van der Waals surface area contributed by atoms with E-state index in [0.717, 1.165) is 0 Å². The molecular weight excluding hydrogens is 319 g/mol. The third kappa shape index (κ3) is 17.3. The van der Waals surface area contributed by atoms with Crippen LogP contribution >= 0.6 is 27.9 Å². The van der Waals surface area contributed by atoms with Gasteiger partial charge >= 0.3 is 0 Å². The molecule has 0 saturated carbocycles. The van der Waals surface area contributed by atoms with Crippen molar-refractivity contribution in [2.75, 3.05) is 11.5 Å². The molecule has 0 aromatic rings. The molecule has 0 aliphatic heterocycles. The van der Waals surface area contributed by atoms with Gasteiger partial charge in [0.2, 0.25) is 0 Å². The Morgan fingerprint density at radius 3 is 1.35 bits per heavy atom. The molecule has 0 heterocycles. The van der Waals surface area contributed by atoms with Gasteiger partial charge in [0.05, 0.1) is 0 Å². The molecule has 0 N–H and O–H groups in total. The lowest BCUT2D eigenvalue weighted by Crippen LogP contribution is -1.81. The fourth-order valence-corrected chi connectivity index (χ4v) is 8.37. The van der Waals surface area contributed by atoms with Gasteiger partial charge in [-0.3, -0.25) is 0 Å². The van der Waals surface area contributed by atoms with E-state index in [1.54, 1.807) is 0 Å². The summed E-state index contributed by atoms with van der Waals surface area (Å²) in [6.45, 7) is 4.56. The maximum atomic E-state index is 5.57. The minimum Gasteiger partial charge on any atom is -0.0897 e. The summed E-state index contributed by atoms with van der Waals surface area (Å²) in [5, 5.41) is -0.219. The lowest BCUT2D eigenvalue weighted by atomic mass is 10.1. The van der Waals surface area contributed by atoms with Crippen molar-refractivity contribution in [1.82, 2.24) is 0 Å². The summed E-state index contributed by atoms with van der Waals surface area (Å²) in [6, 6.07) is 0. The van der Waals surface area contributed by atoms with Gasteiger partial charge in [-0.25, -0.2) is 0 Å². The van der Waals surface area contributed by atoms with E-state index < -0.39 is 0 Å². The zero-order valence-electron chi connectivity index (χ0n) is 13.6. The number of hydrogen-bond donors (Lipinski definition) is 0. The van der Waals surface area contributed by atoms with E-state index in [2.05, 4.69) is 36.6 Å². The lowest BCUT2D eigenvalue weighted by Gasteiger charge is -2.04. The number of rotatable bonds is 16. The fraction of sp³-hybridized carbons (Fsp3) is 1.00. The summed E-state index contributed by atoms with van der Waals surface area (Å²) in [7, 11) is 0. The van der Waals surface area contributed by atoms with Crippen LogP contribution in [0.3, 0.4) is 0 Å². The Kier molecular flexibility index (Phi) is 19.4. The molecule has 0 aromatic heterocycles. The van der Waals surface area contributed by atoms with E-state index in [4.69, 9.17) is 11.8 Å². The van der Waals surface area contributed by atoms with E-state index in [0.29, 0.717) is 0 Å². The highest BCUT2D eigenvalue weighted by Gasteiger charge is 1.98. The first-order valence-corrected chi connectivity index (χ1v) is 14.1. The predicted molar refractivity (Wildman–Crippen MR) is 106 cm³/mol. The minimum atomic E-state index is -0.219. The maximum Gasteiger partial charge on any atom is 0.0376 e. The van der Waals surface area contributed by atoms with Crippen molar-refractivity contribution in [2.45, 2.75) is 90.9 Å². The average Bonchev–Trinajstić information content (AvgIpc) is 2.45. The van der Waals surface area contributed by atoms with Gasteiger partial charge in [0, 0.05) is 16.6 Å². The minimum absolute atomic E-state index is 0.219. The van der Waals surface area contributed by atoms with Crippen molar-refractivity contribution in [3.63, 3.8) is 0 Å². The monoisotopic (exact) mass is 353 g/mol. The van der Waals surface area contributed by atoms with Gasteiger partial charge < -0.3 is 0 Å². The van der Waals surface area contributed by atoms with Gasteiger partial charge in [-0.15, -0.1) is 0 Å². The molecule has 0 saturated heterocycles. The van der Waals surface area contributed by atoms with Gasteiger partial charge in [-0.2, -0.15) is 0 Å². The molecule has 121 valence electrons. The molecule has 20 heavy (non-hydrogen) atoms. The van der Waals surface area contributed by atoms with Gasteiger partial charge in [0.25, 0.3) is 0 Å². The van der Waals surface area contributed by atoms with Crippen molar-refractivity contribution in [3.8, 4) is 0 Å². The third-order valence-corrected chi connectivity index (χ3v) is 10.9. The number of unbranched alkanes of at least 4 members (excludes halogenated alkanes) is 10. The van der Waals surface area contributed by atoms with Crippen LogP contribution in [0.5, 0.6) is 0 Å². The molecule has 0 nitrogen and oxygen atoms in total. The summed E-state index contributed by atoms with van der Waals surface area (Å²) >= 11 is 9.68. The van der Waals surface area contributed by atoms with Crippen LogP contribution in [0, 0.1) is 0 Å². The van der Waals surface area contributed by atoms with Crippen molar-refractivity contribution < 1.29 is 0 Å². The van der Waals surface area contributed by atoms with Crippen LogP contribution in [-0.4, -0.2) is 11.5 Å². The Hall–Kier alpha value is 1.22. The standard InChI is InChI=1S/C16H34PS3/c1-3-5-7-9-11-13-15-19-17(18)20-16-14-12-10-8-6-4-2/h3-16H2,1-2H3. The highest BCUT2D eigenvalue weighted by Crippen LogP contribution is 2.51. The molecule has 0 aliphatic carbocycles. The first-order chi connectivity index (χ1) is 9.81. The smallest absolute Gasteiger partial charge is 0.0376 e. The summed E-state index contributed by atoms with van der Waals surface area (Å²) in [4.78, 5) is 0. The summed E-state index contributed by atoms with van der Waals surface area (Å²) in [5.41, 5.74) is 0. The van der Waals surface area contributed by atoms with Crippen molar-refractivity contribution >= 4 is 39.7 Å². The molecule has 0 spiro atoms. The van der Waals surface area contributed by atoms with Crippen LogP contribution in [0.15, 0.2) is 0 Å². The second kappa shape index (κ2) is 18.3. The second-order valence-corrected chi connectivity index (χ2v) is 14.1. The first-order valence-electron chi connectivity index (χ1n) is 8.54. The molecule has 1 radical (unpaired) electrons. The second-order valence-electron chi connectivity index (χ2n) is 5.43. The van der Waals surface area contributed by atoms with Gasteiger partial charge in [0.15, 0.2) is 0 Å². The Bertz CT molecular complexity index is 190. The Labute approximate surface area is 141 Å². The molecule has 4 heteroatoms. The van der Waals surface area contributed by atoms with Crippen molar-refractivity contribution in [1.29, 1.82) is 0 Å². The topological polar surface area (TPSA) is 0 Å². The Balaban J connectivity index is 3.13. The number of hydrogen-bond acceptors (Lipinski definition) is 3. The normalized spacial score (nSPS) is 10.9. The Morgan fingerprint density at radius 1 is 0.600 bits per heavy atom. The van der Waals surface area contributed by atoms with E-state index in [1.807, 2.05) is 0 Å². The summed E-state index contributed by atoms with van der Waals surface area (Å²) < 4.78 is 0. The van der Waals surface area contributed by atoms with E-state index in [-0.39, 0.29) is 5.10 Å². The quantitative estimate of drug-likeness (QED) is 0.204.